The molecule has 1 fully saturated rings. The summed E-state index contributed by atoms with van der Waals surface area (Å²) < 4.78 is 0. The highest BCUT2D eigenvalue weighted by Gasteiger charge is 2.33. The SMILES string of the molecule is CC1(CO)CCCCC1=O. The first-order chi connectivity index (χ1) is 4.69. The molecule has 1 atom stereocenters. The van der Waals surface area contributed by atoms with Crippen molar-refractivity contribution < 1.29 is 9.90 Å². The second kappa shape index (κ2) is 2.70. The summed E-state index contributed by atoms with van der Waals surface area (Å²) in [7, 11) is 0. The molecule has 0 aromatic heterocycles. The van der Waals surface area contributed by atoms with Crippen LogP contribution in [0.25, 0.3) is 0 Å². The first-order valence-electron chi connectivity index (χ1n) is 3.83. The van der Waals surface area contributed by atoms with E-state index in [2.05, 4.69) is 0 Å². The van der Waals surface area contributed by atoms with Crippen LogP contribution in [-0.4, -0.2) is 17.5 Å². The van der Waals surface area contributed by atoms with Crippen molar-refractivity contribution >= 4 is 5.78 Å². The Morgan fingerprint density at radius 2 is 2.30 bits per heavy atom. The smallest absolute Gasteiger partial charge is 0.141 e. The predicted octanol–water partition coefficient (Wildman–Crippen LogP) is 1.13. The number of Topliss-reactive ketones (excluding diaryl/α,β-unsaturated/α-hetero) is 1. The number of ketones is 1. The number of rotatable bonds is 1. The average Bonchev–Trinajstić information content (AvgIpc) is 1.96. The Morgan fingerprint density at radius 1 is 1.60 bits per heavy atom. The Morgan fingerprint density at radius 3 is 2.70 bits per heavy atom. The Balaban J connectivity index is 2.63. The summed E-state index contributed by atoms with van der Waals surface area (Å²) in [6.45, 7) is 1.88. The van der Waals surface area contributed by atoms with Crippen LogP contribution in [0.1, 0.15) is 32.6 Å². The minimum absolute atomic E-state index is 0.0197. The molecule has 2 heteroatoms. The molecule has 0 spiro atoms. The number of aliphatic hydroxyl groups is 1. The monoisotopic (exact) mass is 142 g/mol. The van der Waals surface area contributed by atoms with Gasteiger partial charge in [-0.2, -0.15) is 0 Å². The minimum Gasteiger partial charge on any atom is -0.395 e. The Kier molecular flexibility index (Phi) is 2.09. The molecule has 0 radical (unpaired) electrons. The average molecular weight is 142 g/mol. The molecule has 1 N–H and O–H groups in total. The Labute approximate surface area is 61.2 Å². The fourth-order valence-electron chi connectivity index (χ4n) is 1.41. The molecule has 0 amide bonds. The second-order valence-corrected chi connectivity index (χ2v) is 3.35. The zero-order valence-corrected chi connectivity index (χ0v) is 6.39. The molecule has 0 aromatic carbocycles. The van der Waals surface area contributed by atoms with Crippen LogP contribution in [0.15, 0.2) is 0 Å². The molecular formula is C8H14O2. The maximum Gasteiger partial charge on any atom is 0.141 e. The van der Waals surface area contributed by atoms with Crippen LogP contribution in [0.3, 0.4) is 0 Å². The van der Waals surface area contributed by atoms with E-state index in [1.807, 2.05) is 6.92 Å². The first kappa shape index (κ1) is 7.73. The van der Waals surface area contributed by atoms with E-state index < -0.39 is 5.41 Å². The fourth-order valence-corrected chi connectivity index (χ4v) is 1.41. The molecule has 0 saturated heterocycles. The van der Waals surface area contributed by atoms with E-state index in [1.165, 1.54) is 0 Å². The van der Waals surface area contributed by atoms with Gasteiger partial charge in [0.25, 0.3) is 0 Å². The van der Waals surface area contributed by atoms with Crippen molar-refractivity contribution in [1.29, 1.82) is 0 Å². The van der Waals surface area contributed by atoms with Gasteiger partial charge < -0.3 is 5.11 Å². The largest absolute Gasteiger partial charge is 0.395 e. The van der Waals surface area contributed by atoms with Gasteiger partial charge in [-0.1, -0.05) is 13.3 Å². The van der Waals surface area contributed by atoms with E-state index in [0.717, 1.165) is 19.3 Å². The molecule has 0 bridgehead atoms. The standard InChI is InChI=1S/C8H14O2/c1-8(6-9)5-3-2-4-7(8)10/h9H,2-6H2,1H3. The van der Waals surface area contributed by atoms with Gasteiger partial charge in [-0.15, -0.1) is 0 Å². The number of hydrogen-bond donors (Lipinski definition) is 1. The Bertz CT molecular complexity index is 142. The summed E-state index contributed by atoms with van der Waals surface area (Å²) in [5.41, 5.74) is -0.405. The third-order valence-corrected chi connectivity index (χ3v) is 2.40. The Hall–Kier alpha value is -0.370. The molecular weight excluding hydrogens is 128 g/mol. The molecule has 0 aliphatic heterocycles. The van der Waals surface area contributed by atoms with Crippen LogP contribution in [0, 0.1) is 5.41 Å². The molecule has 0 heterocycles. The first-order valence-corrected chi connectivity index (χ1v) is 3.83. The molecule has 0 aromatic rings. The number of aliphatic hydroxyl groups excluding tert-OH is 1. The van der Waals surface area contributed by atoms with Gasteiger partial charge in [0.05, 0.1) is 6.61 Å². The highest BCUT2D eigenvalue weighted by Crippen LogP contribution is 2.31. The van der Waals surface area contributed by atoms with Crippen LogP contribution < -0.4 is 0 Å². The summed E-state index contributed by atoms with van der Waals surface area (Å²) in [5, 5.41) is 8.90. The van der Waals surface area contributed by atoms with Crippen molar-refractivity contribution in [2.24, 2.45) is 5.41 Å². The van der Waals surface area contributed by atoms with Gasteiger partial charge in [0.2, 0.25) is 0 Å². The molecule has 2 nitrogen and oxygen atoms in total. The van der Waals surface area contributed by atoms with Gasteiger partial charge in [-0.3, -0.25) is 4.79 Å². The number of hydrogen-bond acceptors (Lipinski definition) is 2. The van der Waals surface area contributed by atoms with Crippen LogP contribution in [0.2, 0.25) is 0 Å². The lowest BCUT2D eigenvalue weighted by molar-refractivity contribution is -0.132. The zero-order chi connectivity index (χ0) is 7.61. The van der Waals surface area contributed by atoms with Gasteiger partial charge in [-0.05, 0) is 12.8 Å². The maximum atomic E-state index is 11.2. The lowest BCUT2D eigenvalue weighted by Crippen LogP contribution is -2.34. The minimum atomic E-state index is -0.405. The summed E-state index contributed by atoms with van der Waals surface area (Å²) in [5.74, 6) is 0.237. The van der Waals surface area contributed by atoms with Gasteiger partial charge in [-0.25, -0.2) is 0 Å². The van der Waals surface area contributed by atoms with E-state index in [1.54, 1.807) is 0 Å². The highest BCUT2D eigenvalue weighted by molar-refractivity contribution is 5.85. The van der Waals surface area contributed by atoms with Crippen molar-refractivity contribution in [1.82, 2.24) is 0 Å². The van der Waals surface area contributed by atoms with E-state index in [9.17, 15) is 4.79 Å². The molecule has 10 heavy (non-hydrogen) atoms. The topological polar surface area (TPSA) is 37.3 Å². The van der Waals surface area contributed by atoms with Gasteiger partial charge in [0.15, 0.2) is 0 Å². The normalized spacial score (nSPS) is 34.4. The van der Waals surface area contributed by atoms with Crippen LogP contribution in [0.4, 0.5) is 0 Å². The zero-order valence-electron chi connectivity index (χ0n) is 6.39. The maximum absolute atomic E-state index is 11.2. The van der Waals surface area contributed by atoms with Gasteiger partial charge in [0.1, 0.15) is 5.78 Å². The van der Waals surface area contributed by atoms with Crippen molar-refractivity contribution in [3.8, 4) is 0 Å². The lowest BCUT2D eigenvalue weighted by atomic mass is 9.75. The van der Waals surface area contributed by atoms with Crippen LogP contribution >= 0.6 is 0 Å². The van der Waals surface area contributed by atoms with E-state index in [4.69, 9.17) is 5.11 Å². The molecule has 58 valence electrons. The van der Waals surface area contributed by atoms with E-state index in [-0.39, 0.29) is 12.4 Å². The third-order valence-electron chi connectivity index (χ3n) is 2.40. The third kappa shape index (κ3) is 1.21. The molecule has 1 aliphatic carbocycles. The van der Waals surface area contributed by atoms with Crippen LogP contribution in [-0.2, 0) is 4.79 Å². The highest BCUT2D eigenvalue weighted by atomic mass is 16.3. The quantitative estimate of drug-likeness (QED) is 0.596. The van der Waals surface area contributed by atoms with Gasteiger partial charge >= 0.3 is 0 Å². The summed E-state index contributed by atoms with van der Waals surface area (Å²) in [4.78, 5) is 11.2. The fraction of sp³-hybridized carbons (Fsp3) is 0.875. The molecule has 1 saturated carbocycles. The molecule has 1 rings (SSSR count). The summed E-state index contributed by atoms with van der Waals surface area (Å²) in [6.07, 6.45) is 3.62. The molecule has 1 unspecified atom stereocenters. The predicted molar refractivity (Wildman–Crippen MR) is 38.7 cm³/mol. The summed E-state index contributed by atoms with van der Waals surface area (Å²) >= 11 is 0. The van der Waals surface area contributed by atoms with Crippen LogP contribution in [0.5, 0.6) is 0 Å². The van der Waals surface area contributed by atoms with Crippen molar-refractivity contribution in [2.45, 2.75) is 32.6 Å². The van der Waals surface area contributed by atoms with Crippen molar-refractivity contribution in [3.63, 3.8) is 0 Å². The molecule has 1 aliphatic rings. The van der Waals surface area contributed by atoms with E-state index >= 15 is 0 Å². The van der Waals surface area contributed by atoms with Gasteiger partial charge in [0, 0.05) is 11.8 Å². The van der Waals surface area contributed by atoms with Crippen molar-refractivity contribution in [3.05, 3.63) is 0 Å². The number of carbonyl (C=O) groups excluding carboxylic acids is 1. The number of carbonyl (C=O) groups is 1. The van der Waals surface area contributed by atoms with E-state index in [0.29, 0.717) is 6.42 Å². The lowest BCUT2D eigenvalue weighted by Gasteiger charge is -2.29. The summed E-state index contributed by atoms with van der Waals surface area (Å²) in [6, 6.07) is 0. The second-order valence-electron chi connectivity index (χ2n) is 3.35. The van der Waals surface area contributed by atoms with Crippen molar-refractivity contribution in [2.75, 3.05) is 6.61 Å².